The highest BCUT2D eigenvalue weighted by Crippen LogP contribution is 2.33. The van der Waals surface area contributed by atoms with Crippen LogP contribution >= 0.6 is 0 Å². The van der Waals surface area contributed by atoms with E-state index in [0.717, 1.165) is 10.8 Å². The lowest BCUT2D eigenvalue weighted by Gasteiger charge is -1.93. The summed E-state index contributed by atoms with van der Waals surface area (Å²) in [6.45, 7) is 0. The summed E-state index contributed by atoms with van der Waals surface area (Å²) < 4.78 is 5.65. The van der Waals surface area contributed by atoms with E-state index in [1.165, 1.54) is 0 Å². The van der Waals surface area contributed by atoms with Crippen molar-refractivity contribution in [3.8, 4) is 6.07 Å². The van der Waals surface area contributed by atoms with Gasteiger partial charge in [-0.2, -0.15) is 5.26 Å². The van der Waals surface area contributed by atoms with Gasteiger partial charge in [-0.1, -0.05) is 18.2 Å². The summed E-state index contributed by atoms with van der Waals surface area (Å²) in [5.41, 5.74) is 8.40. The molecular weight excluding hydrogens is 200 g/mol. The fraction of sp³-hybridized carbons (Fsp3) is 0. The zero-order valence-electron chi connectivity index (χ0n) is 8.40. The van der Waals surface area contributed by atoms with Crippen LogP contribution in [0.25, 0.3) is 21.9 Å². The Bertz CT molecular complexity index is 735. The highest BCUT2D eigenvalue weighted by molar-refractivity contribution is 6.10. The molecule has 0 bridgehead atoms. The first-order valence-corrected chi connectivity index (χ1v) is 4.91. The topological polar surface area (TPSA) is 63.0 Å². The molecule has 76 valence electrons. The molecule has 3 nitrogen and oxygen atoms in total. The third-order valence-electron chi connectivity index (χ3n) is 2.67. The Morgan fingerprint density at radius 2 is 1.94 bits per heavy atom. The van der Waals surface area contributed by atoms with Crippen molar-refractivity contribution >= 4 is 27.6 Å². The van der Waals surface area contributed by atoms with Gasteiger partial charge in [-0.25, -0.2) is 0 Å². The summed E-state index contributed by atoms with van der Waals surface area (Å²) in [7, 11) is 0. The number of fused-ring (bicyclic) bond motifs is 3. The smallest absolute Gasteiger partial charge is 0.158 e. The van der Waals surface area contributed by atoms with E-state index in [1.54, 1.807) is 18.2 Å². The molecule has 3 heteroatoms. The molecule has 0 aliphatic carbocycles. The van der Waals surface area contributed by atoms with Crippen LogP contribution in [0.15, 0.2) is 40.8 Å². The number of hydrogen-bond acceptors (Lipinski definition) is 3. The summed E-state index contributed by atoms with van der Waals surface area (Å²) >= 11 is 0. The molecule has 3 rings (SSSR count). The van der Waals surface area contributed by atoms with Crippen molar-refractivity contribution in [1.29, 1.82) is 5.26 Å². The summed E-state index contributed by atoms with van der Waals surface area (Å²) in [6.07, 6.45) is 0. The minimum Gasteiger partial charge on any atom is -0.454 e. The molecule has 0 saturated heterocycles. The minimum atomic E-state index is 0.595. The van der Waals surface area contributed by atoms with Gasteiger partial charge in [-0.3, -0.25) is 0 Å². The van der Waals surface area contributed by atoms with Gasteiger partial charge in [-0.15, -0.1) is 0 Å². The van der Waals surface area contributed by atoms with Crippen molar-refractivity contribution in [3.63, 3.8) is 0 Å². The Hall–Kier alpha value is -2.47. The maximum absolute atomic E-state index is 9.06. The van der Waals surface area contributed by atoms with Crippen molar-refractivity contribution in [1.82, 2.24) is 0 Å². The fourth-order valence-electron chi connectivity index (χ4n) is 1.96. The van der Waals surface area contributed by atoms with E-state index in [4.69, 9.17) is 15.4 Å². The van der Waals surface area contributed by atoms with E-state index >= 15 is 0 Å². The molecule has 0 fully saturated rings. The number of hydrogen-bond donors (Lipinski definition) is 1. The van der Waals surface area contributed by atoms with E-state index in [-0.39, 0.29) is 0 Å². The molecule has 0 spiro atoms. The van der Waals surface area contributed by atoms with E-state index in [1.807, 2.05) is 18.2 Å². The van der Waals surface area contributed by atoms with Crippen LogP contribution in [0.2, 0.25) is 0 Å². The molecule has 1 heterocycles. The maximum Gasteiger partial charge on any atom is 0.158 e. The molecule has 0 radical (unpaired) electrons. The first-order valence-electron chi connectivity index (χ1n) is 4.91. The number of rotatable bonds is 0. The standard InChI is InChI=1S/C13H8N2O/c14-7-8-3-1-6-11-12(8)9-4-2-5-10(15)13(9)16-11/h1-6H,15H2. The molecule has 0 unspecified atom stereocenters. The van der Waals surface area contributed by atoms with Gasteiger partial charge in [-0.05, 0) is 18.2 Å². The third kappa shape index (κ3) is 1.01. The molecule has 3 aromatic rings. The second kappa shape index (κ2) is 3.01. The quantitative estimate of drug-likeness (QED) is 0.577. The van der Waals surface area contributed by atoms with Crippen LogP contribution in [0.3, 0.4) is 0 Å². The zero-order valence-corrected chi connectivity index (χ0v) is 8.40. The lowest BCUT2D eigenvalue weighted by atomic mass is 10.1. The number of nitrogens with zero attached hydrogens (tertiary/aromatic N) is 1. The first-order chi connectivity index (χ1) is 7.81. The van der Waals surface area contributed by atoms with Crippen LogP contribution in [0.5, 0.6) is 0 Å². The highest BCUT2D eigenvalue weighted by atomic mass is 16.3. The molecule has 0 amide bonds. The monoisotopic (exact) mass is 208 g/mol. The molecule has 2 N–H and O–H groups in total. The predicted molar refractivity (Wildman–Crippen MR) is 62.8 cm³/mol. The number of furan rings is 1. The molecule has 0 aliphatic heterocycles. The van der Waals surface area contributed by atoms with Gasteiger partial charge in [0, 0.05) is 10.8 Å². The zero-order chi connectivity index (χ0) is 11.1. The summed E-state index contributed by atoms with van der Waals surface area (Å²) in [6, 6.07) is 13.2. The molecule has 2 aromatic carbocycles. The van der Waals surface area contributed by atoms with E-state index in [0.29, 0.717) is 22.4 Å². The van der Waals surface area contributed by atoms with Crippen LogP contribution in [-0.4, -0.2) is 0 Å². The van der Waals surface area contributed by atoms with E-state index < -0.39 is 0 Å². The Kier molecular flexibility index (Phi) is 1.66. The Morgan fingerprint density at radius 3 is 2.75 bits per heavy atom. The minimum absolute atomic E-state index is 0.595. The molecule has 1 aromatic heterocycles. The van der Waals surface area contributed by atoms with Gasteiger partial charge in [0.05, 0.1) is 17.3 Å². The van der Waals surface area contributed by atoms with Gasteiger partial charge in [0.2, 0.25) is 0 Å². The number of para-hydroxylation sites is 1. The molecule has 0 saturated carbocycles. The average Bonchev–Trinajstić information content (AvgIpc) is 2.69. The second-order valence-corrected chi connectivity index (χ2v) is 3.62. The van der Waals surface area contributed by atoms with Crippen LogP contribution < -0.4 is 5.73 Å². The van der Waals surface area contributed by atoms with Crippen LogP contribution in [-0.2, 0) is 0 Å². The van der Waals surface area contributed by atoms with Crippen molar-refractivity contribution in [2.24, 2.45) is 0 Å². The third-order valence-corrected chi connectivity index (χ3v) is 2.67. The maximum atomic E-state index is 9.06. The number of nitrogens with two attached hydrogens (primary N) is 1. The summed E-state index contributed by atoms with van der Waals surface area (Å²) in [5, 5.41) is 10.8. The number of benzene rings is 2. The van der Waals surface area contributed by atoms with Gasteiger partial charge in [0.25, 0.3) is 0 Å². The van der Waals surface area contributed by atoms with Crippen LogP contribution in [0.1, 0.15) is 5.56 Å². The van der Waals surface area contributed by atoms with Crippen molar-refractivity contribution in [3.05, 3.63) is 42.0 Å². The summed E-state index contributed by atoms with van der Waals surface area (Å²) in [5.74, 6) is 0. The predicted octanol–water partition coefficient (Wildman–Crippen LogP) is 3.04. The fourth-order valence-corrected chi connectivity index (χ4v) is 1.96. The number of nitrogen functional groups attached to an aromatic ring is 1. The van der Waals surface area contributed by atoms with Crippen LogP contribution in [0.4, 0.5) is 5.69 Å². The summed E-state index contributed by atoms with van der Waals surface area (Å²) in [4.78, 5) is 0. The average molecular weight is 208 g/mol. The SMILES string of the molecule is N#Cc1cccc2oc3c(N)cccc3c12. The van der Waals surface area contributed by atoms with Gasteiger partial charge in [0.15, 0.2) is 5.58 Å². The number of anilines is 1. The van der Waals surface area contributed by atoms with Crippen molar-refractivity contribution in [2.45, 2.75) is 0 Å². The van der Waals surface area contributed by atoms with Gasteiger partial charge >= 0.3 is 0 Å². The lowest BCUT2D eigenvalue weighted by Crippen LogP contribution is -1.83. The highest BCUT2D eigenvalue weighted by Gasteiger charge is 2.11. The normalized spacial score (nSPS) is 10.7. The Morgan fingerprint density at radius 1 is 1.12 bits per heavy atom. The molecular formula is C13H8N2O. The first kappa shape index (κ1) is 8.81. The Labute approximate surface area is 91.7 Å². The van der Waals surface area contributed by atoms with Crippen molar-refractivity contribution < 1.29 is 4.42 Å². The van der Waals surface area contributed by atoms with Crippen molar-refractivity contribution in [2.75, 3.05) is 5.73 Å². The molecule has 16 heavy (non-hydrogen) atoms. The van der Waals surface area contributed by atoms with E-state index in [2.05, 4.69) is 6.07 Å². The Balaban J connectivity index is 2.64. The molecule has 0 atom stereocenters. The second-order valence-electron chi connectivity index (χ2n) is 3.62. The van der Waals surface area contributed by atoms with Crippen LogP contribution in [0, 0.1) is 11.3 Å². The largest absolute Gasteiger partial charge is 0.454 e. The van der Waals surface area contributed by atoms with Gasteiger partial charge in [0.1, 0.15) is 5.58 Å². The van der Waals surface area contributed by atoms with E-state index in [9.17, 15) is 0 Å². The lowest BCUT2D eigenvalue weighted by molar-refractivity contribution is 0.670. The van der Waals surface area contributed by atoms with Gasteiger partial charge < -0.3 is 10.2 Å². The number of nitriles is 1. The molecule has 0 aliphatic rings.